The van der Waals surface area contributed by atoms with Crippen LogP contribution in [0.5, 0.6) is 11.5 Å². The molecule has 0 amide bonds. The normalized spacial score (nSPS) is 23.3. The van der Waals surface area contributed by atoms with E-state index in [0.717, 1.165) is 86.8 Å². The van der Waals surface area contributed by atoms with Crippen LogP contribution >= 0.6 is 23.2 Å². The monoisotopic (exact) mass is 880 g/mol. The maximum Gasteiger partial charge on any atom is 0.416 e. The summed E-state index contributed by atoms with van der Waals surface area (Å²) in [6.07, 6.45) is -1.75. The third-order valence-electron chi connectivity index (χ3n) is 12.7. The zero-order valence-corrected chi connectivity index (χ0v) is 33.9. The number of carbonyl (C=O) groups excluding carboxylic acids is 2. The van der Waals surface area contributed by atoms with E-state index in [2.05, 4.69) is 0 Å². The lowest BCUT2D eigenvalue weighted by Gasteiger charge is -2.36. The van der Waals surface area contributed by atoms with Crippen molar-refractivity contribution in [3.63, 3.8) is 0 Å². The molecule has 4 nitrogen and oxygen atoms in total. The smallest absolute Gasteiger partial charge is 0.416 e. The summed E-state index contributed by atoms with van der Waals surface area (Å²) < 4.78 is 117. The molecule has 0 radical (unpaired) electrons. The van der Waals surface area contributed by atoms with Gasteiger partial charge in [0.2, 0.25) is 0 Å². The number of alkyl halides is 6. The van der Waals surface area contributed by atoms with Crippen LogP contribution in [-0.4, -0.2) is 24.8 Å². The molecule has 4 aromatic carbocycles. The van der Waals surface area contributed by atoms with Crippen molar-refractivity contribution >= 4 is 34.8 Å². The Morgan fingerprint density at radius 1 is 0.567 bits per heavy atom. The topological polar surface area (TPSA) is 52.6 Å². The fraction of sp³-hybridized carbons (Fsp3) is 0.435. The van der Waals surface area contributed by atoms with Gasteiger partial charge in [-0.25, -0.2) is 8.78 Å². The van der Waals surface area contributed by atoms with Crippen LogP contribution in [0.1, 0.15) is 97.6 Å². The van der Waals surface area contributed by atoms with E-state index in [9.17, 15) is 44.7 Å². The minimum Gasteiger partial charge on any atom is -0.492 e. The van der Waals surface area contributed by atoms with Crippen LogP contribution in [0.15, 0.2) is 72.8 Å². The Morgan fingerprint density at radius 2 is 0.933 bits per heavy atom. The lowest BCUT2D eigenvalue weighted by molar-refractivity contribution is -0.138. The average molecular weight is 882 g/mol. The van der Waals surface area contributed by atoms with Gasteiger partial charge in [0, 0.05) is 57.7 Å². The highest BCUT2D eigenvalue weighted by Gasteiger charge is 2.46. The first-order chi connectivity index (χ1) is 28.3. The molecule has 0 N–H and O–H groups in total. The summed E-state index contributed by atoms with van der Waals surface area (Å²) in [7, 11) is 0. The number of carbonyl (C=O) groups is 2. The first-order valence-electron chi connectivity index (χ1n) is 19.9. The molecule has 4 aliphatic rings. The van der Waals surface area contributed by atoms with Crippen LogP contribution in [0.2, 0.25) is 10.0 Å². The van der Waals surface area contributed by atoms with Crippen LogP contribution in [0.3, 0.4) is 0 Å². The van der Waals surface area contributed by atoms with Crippen molar-refractivity contribution in [2.45, 2.75) is 100 Å². The molecule has 4 aromatic rings. The molecule has 320 valence electrons. The van der Waals surface area contributed by atoms with Gasteiger partial charge in [0.1, 0.15) is 34.7 Å². The number of hydrogen-bond donors (Lipinski definition) is 0. The third-order valence-corrected chi connectivity index (χ3v) is 13.2. The minimum absolute atomic E-state index is 0.0185. The van der Waals surface area contributed by atoms with Gasteiger partial charge in [-0.1, -0.05) is 47.5 Å². The van der Waals surface area contributed by atoms with Crippen LogP contribution in [0.25, 0.3) is 0 Å². The molecule has 60 heavy (non-hydrogen) atoms. The Morgan fingerprint density at radius 3 is 1.27 bits per heavy atom. The van der Waals surface area contributed by atoms with Gasteiger partial charge in [-0.05, 0) is 123 Å². The van der Waals surface area contributed by atoms with E-state index in [0.29, 0.717) is 58.7 Å². The van der Waals surface area contributed by atoms with E-state index < -0.39 is 35.1 Å². The minimum atomic E-state index is -4.39. The first-order valence-corrected chi connectivity index (χ1v) is 20.7. The van der Waals surface area contributed by atoms with E-state index in [1.165, 1.54) is 24.3 Å². The first kappa shape index (κ1) is 43.9. The largest absolute Gasteiger partial charge is 0.492 e. The standard InChI is InChI=1S/2C23H21ClF4O2/c2*24-17-3-1-15(20(25)12-17)10-18(29)9-14-5-7-22(8-6-14)13-30-21-11-16(23(26,27)28)2-4-19(21)22/h2*1-4,11-12,14H,5-10,13H2. The number of halogens is 10. The summed E-state index contributed by atoms with van der Waals surface area (Å²) in [4.78, 5) is 24.9. The van der Waals surface area contributed by atoms with Crippen molar-refractivity contribution in [3.05, 3.63) is 128 Å². The fourth-order valence-corrected chi connectivity index (χ4v) is 9.66. The van der Waals surface area contributed by atoms with Crippen molar-refractivity contribution in [2.24, 2.45) is 11.8 Å². The van der Waals surface area contributed by atoms with Crippen LogP contribution in [-0.2, 0) is 45.6 Å². The highest BCUT2D eigenvalue weighted by Crippen LogP contribution is 2.52. The Kier molecular flexibility index (Phi) is 12.7. The number of Topliss-reactive ketones (excluding diaryl/α,β-unsaturated/α-hetero) is 2. The fourth-order valence-electron chi connectivity index (χ4n) is 9.34. The summed E-state index contributed by atoms with van der Waals surface area (Å²) in [5, 5.41) is 0.588. The molecule has 0 saturated heterocycles. The Hall–Kier alpha value is -4.16. The maximum atomic E-state index is 13.9. The SMILES string of the molecule is O=C(Cc1ccc(Cl)cc1F)CC1CCC2(CC1)COc1cc(C(F)(F)F)ccc12.O=C(Cc1ccc(Cl)cc1F)CC1CCC2(CC1)COc1cc(C(F)(F)F)ccc12. The molecule has 2 saturated carbocycles. The second kappa shape index (κ2) is 17.3. The van der Waals surface area contributed by atoms with E-state index in [1.807, 2.05) is 0 Å². The molecule has 2 aliphatic carbocycles. The van der Waals surface area contributed by atoms with Crippen LogP contribution in [0, 0.1) is 23.5 Å². The summed E-state index contributed by atoms with van der Waals surface area (Å²) in [6, 6.07) is 16.1. The molecule has 2 spiro atoms. The van der Waals surface area contributed by atoms with Gasteiger partial charge in [-0.3, -0.25) is 9.59 Å². The molecule has 2 heterocycles. The number of ketones is 2. The summed E-state index contributed by atoms with van der Waals surface area (Å²) >= 11 is 11.5. The molecule has 2 fully saturated rings. The number of benzene rings is 4. The van der Waals surface area contributed by atoms with E-state index in [4.69, 9.17) is 32.7 Å². The predicted octanol–water partition coefficient (Wildman–Crippen LogP) is 13.0. The molecule has 0 unspecified atom stereocenters. The second-order valence-electron chi connectivity index (χ2n) is 16.8. The van der Waals surface area contributed by atoms with Crippen LogP contribution in [0.4, 0.5) is 35.1 Å². The van der Waals surface area contributed by atoms with E-state index >= 15 is 0 Å². The Labute approximate surface area is 352 Å². The van der Waals surface area contributed by atoms with Crippen LogP contribution < -0.4 is 9.47 Å². The maximum absolute atomic E-state index is 13.9. The third kappa shape index (κ3) is 9.80. The number of fused-ring (bicyclic) bond motifs is 4. The summed E-state index contributed by atoms with van der Waals surface area (Å²) in [6.45, 7) is 0.751. The lowest BCUT2D eigenvalue weighted by Crippen LogP contribution is -2.34. The Bertz CT molecular complexity index is 2080. The zero-order chi connectivity index (χ0) is 43.0. The van der Waals surface area contributed by atoms with Gasteiger partial charge in [-0.15, -0.1) is 0 Å². The summed E-state index contributed by atoms with van der Waals surface area (Å²) in [5.41, 5.74) is 0.402. The predicted molar refractivity (Wildman–Crippen MR) is 211 cm³/mol. The highest BCUT2D eigenvalue weighted by atomic mass is 35.5. The number of ether oxygens (including phenoxy) is 2. The molecular weight excluding hydrogens is 839 g/mol. The number of hydrogen-bond acceptors (Lipinski definition) is 4. The number of rotatable bonds is 8. The molecule has 2 aliphatic heterocycles. The van der Waals surface area contributed by atoms with Crippen molar-refractivity contribution in [2.75, 3.05) is 13.2 Å². The van der Waals surface area contributed by atoms with E-state index in [1.54, 1.807) is 24.3 Å². The molecule has 0 aromatic heterocycles. The molecule has 0 atom stereocenters. The van der Waals surface area contributed by atoms with Crippen molar-refractivity contribution in [3.8, 4) is 11.5 Å². The molecular formula is C46H42Cl2F8O4. The Balaban J connectivity index is 0.000000181. The highest BCUT2D eigenvalue weighted by molar-refractivity contribution is 6.30. The molecule has 8 rings (SSSR count). The molecule has 14 heteroatoms. The average Bonchev–Trinajstić information content (AvgIpc) is 3.72. The van der Waals surface area contributed by atoms with Gasteiger partial charge in [0.15, 0.2) is 0 Å². The molecule has 0 bridgehead atoms. The summed E-state index contributed by atoms with van der Waals surface area (Å²) in [5.74, 6) is 0.0296. The quantitative estimate of drug-likeness (QED) is 0.165. The van der Waals surface area contributed by atoms with Crippen molar-refractivity contribution < 1.29 is 54.2 Å². The van der Waals surface area contributed by atoms with Gasteiger partial charge in [0.25, 0.3) is 0 Å². The zero-order valence-electron chi connectivity index (χ0n) is 32.4. The van der Waals surface area contributed by atoms with Gasteiger partial charge in [0.05, 0.1) is 24.3 Å². The van der Waals surface area contributed by atoms with E-state index in [-0.39, 0.29) is 47.1 Å². The van der Waals surface area contributed by atoms with Gasteiger partial charge in [-0.2, -0.15) is 26.3 Å². The van der Waals surface area contributed by atoms with Crippen molar-refractivity contribution in [1.82, 2.24) is 0 Å². The lowest BCUT2D eigenvalue weighted by atomic mass is 9.67. The second-order valence-corrected chi connectivity index (χ2v) is 17.6. The van der Waals surface area contributed by atoms with Gasteiger partial charge < -0.3 is 9.47 Å². The van der Waals surface area contributed by atoms with Gasteiger partial charge >= 0.3 is 12.4 Å². The van der Waals surface area contributed by atoms with Crippen molar-refractivity contribution in [1.29, 1.82) is 0 Å².